The van der Waals surface area contributed by atoms with Crippen LogP contribution < -0.4 is 10.6 Å². The van der Waals surface area contributed by atoms with Crippen molar-refractivity contribution in [2.75, 3.05) is 11.9 Å². The number of anilines is 1. The number of amides is 1. The first-order valence-electron chi connectivity index (χ1n) is 6.02. The molecule has 0 atom stereocenters. The summed E-state index contributed by atoms with van der Waals surface area (Å²) in [5, 5.41) is 24.7. The molecule has 1 aliphatic rings. The summed E-state index contributed by atoms with van der Waals surface area (Å²) in [6, 6.07) is 4.06. The maximum Gasteiger partial charge on any atom is 0.322 e. The van der Waals surface area contributed by atoms with Gasteiger partial charge in [0.2, 0.25) is 0 Å². The summed E-state index contributed by atoms with van der Waals surface area (Å²) in [6.45, 7) is -0.436. The van der Waals surface area contributed by atoms with Crippen LogP contribution in [0.1, 0.15) is 23.2 Å². The second kappa shape index (κ2) is 5.55. The molecule has 0 unspecified atom stereocenters. The van der Waals surface area contributed by atoms with Crippen LogP contribution in [-0.2, 0) is 4.79 Å². The van der Waals surface area contributed by atoms with E-state index in [9.17, 15) is 19.7 Å². The molecule has 1 amide bonds. The number of hydrogen-bond donors (Lipinski definition) is 3. The number of carbonyl (C=O) groups is 2. The fourth-order valence-corrected chi connectivity index (χ4v) is 1.64. The van der Waals surface area contributed by atoms with Gasteiger partial charge in [0.1, 0.15) is 12.2 Å². The predicted octanol–water partition coefficient (Wildman–Crippen LogP) is 0.983. The quantitative estimate of drug-likeness (QED) is 0.527. The first-order chi connectivity index (χ1) is 9.47. The normalized spacial score (nSPS) is 13.6. The number of hydrogen-bond acceptors (Lipinski definition) is 5. The molecule has 2 rings (SSSR count). The number of carbonyl (C=O) groups excluding carboxylic acids is 1. The standard InChI is InChI=1S/C12H13N3O5/c16-11(17)6-13-9-4-1-7(5-10(9)15(19)20)12(18)14-8-2-3-8/h1,4-5,8,13H,2-3,6H2,(H,14,18)(H,16,17). The fourth-order valence-electron chi connectivity index (χ4n) is 1.64. The van der Waals surface area contributed by atoms with E-state index in [2.05, 4.69) is 10.6 Å². The Morgan fingerprint density at radius 1 is 1.40 bits per heavy atom. The van der Waals surface area contributed by atoms with Gasteiger partial charge in [-0.05, 0) is 25.0 Å². The van der Waals surface area contributed by atoms with Crippen LogP contribution in [0.5, 0.6) is 0 Å². The molecule has 0 heterocycles. The molecule has 20 heavy (non-hydrogen) atoms. The minimum absolute atomic E-state index is 0.0698. The van der Waals surface area contributed by atoms with Crippen molar-refractivity contribution >= 4 is 23.3 Å². The Hall–Kier alpha value is -2.64. The lowest BCUT2D eigenvalue weighted by Gasteiger charge is -2.07. The second-order valence-electron chi connectivity index (χ2n) is 4.48. The van der Waals surface area contributed by atoms with Crippen LogP contribution in [0.15, 0.2) is 18.2 Å². The van der Waals surface area contributed by atoms with E-state index in [1.807, 2.05) is 0 Å². The highest BCUT2D eigenvalue weighted by molar-refractivity contribution is 5.96. The third kappa shape index (κ3) is 3.44. The zero-order chi connectivity index (χ0) is 14.7. The van der Waals surface area contributed by atoms with E-state index in [1.165, 1.54) is 12.1 Å². The van der Waals surface area contributed by atoms with Gasteiger partial charge in [0.25, 0.3) is 11.6 Å². The van der Waals surface area contributed by atoms with E-state index in [1.54, 1.807) is 0 Å². The summed E-state index contributed by atoms with van der Waals surface area (Å²) in [7, 11) is 0. The first-order valence-corrected chi connectivity index (χ1v) is 6.02. The Kier molecular flexibility index (Phi) is 3.83. The molecule has 106 valence electrons. The largest absolute Gasteiger partial charge is 0.480 e. The Morgan fingerprint density at radius 3 is 2.65 bits per heavy atom. The van der Waals surface area contributed by atoms with E-state index < -0.39 is 17.4 Å². The smallest absolute Gasteiger partial charge is 0.322 e. The third-order valence-corrected chi connectivity index (χ3v) is 2.80. The number of nitrogens with zero attached hydrogens (tertiary/aromatic N) is 1. The van der Waals surface area contributed by atoms with Crippen LogP contribution in [0.4, 0.5) is 11.4 Å². The molecule has 0 saturated heterocycles. The molecule has 0 bridgehead atoms. The summed E-state index contributed by atoms with van der Waals surface area (Å²) < 4.78 is 0. The van der Waals surface area contributed by atoms with E-state index in [0.29, 0.717) is 0 Å². The van der Waals surface area contributed by atoms with Gasteiger partial charge in [-0.2, -0.15) is 0 Å². The molecule has 1 aromatic carbocycles. The van der Waals surface area contributed by atoms with Gasteiger partial charge in [-0.3, -0.25) is 19.7 Å². The van der Waals surface area contributed by atoms with Crippen molar-refractivity contribution in [3.63, 3.8) is 0 Å². The number of nitrogens with one attached hydrogen (secondary N) is 2. The van der Waals surface area contributed by atoms with Crippen molar-refractivity contribution in [1.82, 2.24) is 5.32 Å². The second-order valence-corrected chi connectivity index (χ2v) is 4.48. The number of nitro groups is 1. The number of rotatable bonds is 6. The van der Waals surface area contributed by atoms with Crippen molar-refractivity contribution in [3.8, 4) is 0 Å². The van der Waals surface area contributed by atoms with Crippen molar-refractivity contribution in [2.24, 2.45) is 0 Å². The van der Waals surface area contributed by atoms with Crippen LogP contribution in [-0.4, -0.2) is 34.5 Å². The van der Waals surface area contributed by atoms with Crippen molar-refractivity contribution < 1.29 is 19.6 Å². The zero-order valence-electron chi connectivity index (χ0n) is 10.5. The van der Waals surface area contributed by atoms with E-state index in [-0.39, 0.29) is 28.9 Å². The summed E-state index contributed by atoms with van der Waals surface area (Å²) in [6.07, 6.45) is 1.85. The van der Waals surface area contributed by atoms with Gasteiger partial charge in [0.05, 0.1) is 4.92 Å². The minimum atomic E-state index is -1.13. The zero-order valence-corrected chi connectivity index (χ0v) is 10.5. The highest BCUT2D eigenvalue weighted by atomic mass is 16.6. The van der Waals surface area contributed by atoms with E-state index in [4.69, 9.17) is 5.11 Å². The monoisotopic (exact) mass is 279 g/mol. The van der Waals surface area contributed by atoms with E-state index >= 15 is 0 Å². The number of benzene rings is 1. The van der Waals surface area contributed by atoms with Gasteiger partial charge in [-0.15, -0.1) is 0 Å². The summed E-state index contributed by atoms with van der Waals surface area (Å²) in [5.41, 5.74) is -0.0699. The number of nitro benzene ring substituents is 1. The number of carboxylic acid groups (broad SMARTS) is 1. The molecule has 0 radical (unpaired) electrons. The van der Waals surface area contributed by atoms with Crippen LogP contribution in [0, 0.1) is 10.1 Å². The molecule has 8 nitrogen and oxygen atoms in total. The molecule has 0 spiro atoms. The fraction of sp³-hybridized carbons (Fsp3) is 0.333. The van der Waals surface area contributed by atoms with Crippen LogP contribution in [0.2, 0.25) is 0 Å². The summed E-state index contributed by atoms with van der Waals surface area (Å²) in [4.78, 5) is 32.6. The summed E-state index contributed by atoms with van der Waals surface area (Å²) in [5.74, 6) is -1.49. The Bertz CT molecular complexity index is 568. The first kappa shape index (κ1) is 13.8. The predicted molar refractivity (Wildman–Crippen MR) is 69.7 cm³/mol. The number of aliphatic carboxylic acids is 1. The Morgan fingerprint density at radius 2 is 2.10 bits per heavy atom. The lowest BCUT2D eigenvalue weighted by molar-refractivity contribution is -0.384. The van der Waals surface area contributed by atoms with Crippen LogP contribution in [0.25, 0.3) is 0 Å². The average molecular weight is 279 g/mol. The molecule has 1 aliphatic carbocycles. The Labute approximate surface area is 113 Å². The van der Waals surface area contributed by atoms with Crippen molar-refractivity contribution in [3.05, 3.63) is 33.9 Å². The molecular weight excluding hydrogens is 266 g/mol. The molecule has 1 fully saturated rings. The topological polar surface area (TPSA) is 122 Å². The van der Waals surface area contributed by atoms with Gasteiger partial charge in [-0.25, -0.2) is 0 Å². The molecule has 1 saturated carbocycles. The van der Waals surface area contributed by atoms with Crippen LogP contribution >= 0.6 is 0 Å². The summed E-state index contributed by atoms with van der Waals surface area (Å²) >= 11 is 0. The number of carboxylic acids is 1. The third-order valence-electron chi connectivity index (χ3n) is 2.80. The maximum atomic E-state index is 11.8. The molecule has 0 aromatic heterocycles. The maximum absolute atomic E-state index is 11.8. The highest BCUT2D eigenvalue weighted by Gasteiger charge is 2.25. The average Bonchev–Trinajstić information content (AvgIpc) is 3.19. The minimum Gasteiger partial charge on any atom is -0.480 e. The SMILES string of the molecule is O=C(O)CNc1ccc(C(=O)NC2CC2)cc1[N+](=O)[O-]. The molecule has 8 heteroatoms. The van der Waals surface area contributed by atoms with Gasteiger partial charge in [0, 0.05) is 17.7 Å². The molecule has 1 aromatic rings. The van der Waals surface area contributed by atoms with Gasteiger partial charge < -0.3 is 15.7 Å². The molecule has 0 aliphatic heterocycles. The van der Waals surface area contributed by atoms with Crippen molar-refractivity contribution in [2.45, 2.75) is 18.9 Å². The lowest BCUT2D eigenvalue weighted by atomic mass is 10.1. The van der Waals surface area contributed by atoms with Gasteiger partial charge in [-0.1, -0.05) is 0 Å². The van der Waals surface area contributed by atoms with E-state index in [0.717, 1.165) is 18.9 Å². The van der Waals surface area contributed by atoms with Gasteiger partial charge >= 0.3 is 5.97 Å². The van der Waals surface area contributed by atoms with Gasteiger partial charge in [0.15, 0.2) is 0 Å². The lowest BCUT2D eigenvalue weighted by Crippen LogP contribution is -2.25. The van der Waals surface area contributed by atoms with Crippen LogP contribution in [0.3, 0.4) is 0 Å². The highest BCUT2D eigenvalue weighted by Crippen LogP contribution is 2.26. The Balaban J connectivity index is 2.19. The van der Waals surface area contributed by atoms with Crippen molar-refractivity contribution in [1.29, 1.82) is 0 Å². The molecule has 3 N–H and O–H groups in total. The molecular formula is C12H13N3O5.